The fourth-order valence-electron chi connectivity index (χ4n) is 4.30. The SMILES string of the molecule is COC(=O)C[C@@H](c1cccc(OC(F)F)c1)c1oc(CN2CCc3ccccc3C2)cc(=O)c1O. The first-order valence-electron chi connectivity index (χ1n) is 11.1. The lowest BCUT2D eigenvalue weighted by molar-refractivity contribution is -0.141. The van der Waals surface area contributed by atoms with Gasteiger partial charge in [-0.05, 0) is 35.2 Å². The molecule has 0 amide bonds. The van der Waals surface area contributed by atoms with Crippen molar-refractivity contribution < 1.29 is 32.6 Å². The summed E-state index contributed by atoms with van der Waals surface area (Å²) in [5.74, 6) is -2.18. The highest BCUT2D eigenvalue weighted by atomic mass is 19.3. The van der Waals surface area contributed by atoms with E-state index in [0.717, 1.165) is 13.0 Å². The van der Waals surface area contributed by atoms with Gasteiger partial charge in [-0.1, -0.05) is 36.4 Å². The van der Waals surface area contributed by atoms with E-state index in [1.165, 1.54) is 42.5 Å². The van der Waals surface area contributed by atoms with Crippen LogP contribution in [0.1, 0.15) is 40.5 Å². The van der Waals surface area contributed by atoms with E-state index in [0.29, 0.717) is 24.4 Å². The van der Waals surface area contributed by atoms with E-state index in [1.54, 1.807) is 6.07 Å². The number of alkyl halides is 2. The number of esters is 1. The molecule has 0 bridgehead atoms. The maximum atomic E-state index is 12.7. The molecule has 3 aromatic rings. The molecule has 1 N–H and O–H groups in total. The van der Waals surface area contributed by atoms with E-state index >= 15 is 0 Å². The Balaban J connectivity index is 1.67. The van der Waals surface area contributed by atoms with Crippen LogP contribution in [-0.2, 0) is 29.0 Å². The molecule has 0 saturated heterocycles. The van der Waals surface area contributed by atoms with Crippen LogP contribution >= 0.6 is 0 Å². The molecule has 0 saturated carbocycles. The van der Waals surface area contributed by atoms with Crippen LogP contribution < -0.4 is 10.2 Å². The summed E-state index contributed by atoms with van der Waals surface area (Å²) < 4.78 is 40.7. The van der Waals surface area contributed by atoms with Crippen molar-refractivity contribution in [1.29, 1.82) is 0 Å². The first-order chi connectivity index (χ1) is 16.8. The number of hydrogen-bond acceptors (Lipinski definition) is 7. The fourth-order valence-corrected chi connectivity index (χ4v) is 4.30. The van der Waals surface area contributed by atoms with Gasteiger partial charge in [-0.2, -0.15) is 8.78 Å². The lowest BCUT2D eigenvalue weighted by atomic mass is 9.92. The Hall–Kier alpha value is -3.72. The number of benzene rings is 2. The molecule has 7 nitrogen and oxygen atoms in total. The molecule has 4 rings (SSSR count). The third-order valence-corrected chi connectivity index (χ3v) is 5.99. The second-order valence-electron chi connectivity index (χ2n) is 8.30. The Morgan fingerprint density at radius 3 is 2.66 bits per heavy atom. The van der Waals surface area contributed by atoms with Crippen LogP contribution in [0.2, 0.25) is 0 Å². The lowest BCUT2D eigenvalue weighted by Crippen LogP contribution is -2.30. The average molecular weight is 485 g/mol. The highest BCUT2D eigenvalue weighted by Crippen LogP contribution is 2.35. The fraction of sp³-hybridized carbons (Fsp3) is 0.308. The van der Waals surface area contributed by atoms with Gasteiger partial charge in [0.25, 0.3) is 0 Å². The quantitative estimate of drug-likeness (QED) is 0.479. The van der Waals surface area contributed by atoms with Gasteiger partial charge in [0, 0.05) is 19.2 Å². The van der Waals surface area contributed by atoms with Crippen molar-refractivity contribution in [3.63, 3.8) is 0 Å². The number of methoxy groups -OCH3 is 1. The predicted molar refractivity (Wildman–Crippen MR) is 122 cm³/mol. The number of carbonyl (C=O) groups excluding carboxylic acids is 1. The van der Waals surface area contributed by atoms with Crippen molar-refractivity contribution in [2.45, 2.75) is 38.5 Å². The second-order valence-corrected chi connectivity index (χ2v) is 8.30. The van der Waals surface area contributed by atoms with E-state index < -0.39 is 29.7 Å². The standard InChI is InChI=1S/C26H25F2NO6/c1-33-23(31)13-21(17-7-4-8-19(11-17)35-26(27)28)25-24(32)22(30)12-20(34-25)15-29-10-9-16-5-2-3-6-18(16)14-29/h2-8,11-12,21,26,32H,9-10,13-15H2,1H3/t21-/m0/s1. The first kappa shape index (κ1) is 24.4. The summed E-state index contributed by atoms with van der Waals surface area (Å²) in [5.41, 5.74) is 2.16. The van der Waals surface area contributed by atoms with Crippen molar-refractivity contribution in [2.24, 2.45) is 0 Å². The van der Waals surface area contributed by atoms with Gasteiger partial charge >= 0.3 is 12.6 Å². The van der Waals surface area contributed by atoms with E-state index in [9.17, 15) is 23.5 Å². The molecule has 0 fully saturated rings. The number of fused-ring (bicyclic) bond motifs is 1. The number of aromatic hydroxyl groups is 1. The molecular formula is C26H25F2NO6. The zero-order valence-electron chi connectivity index (χ0n) is 19.1. The smallest absolute Gasteiger partial charge is 0.387 e. The van der Waals surface area contributed by atoms with Gasteiger partial charge in [-0.15, -0.1) is 0 Å². The van der Waals surface area contributed by atoms with Crippen molar-refractivity contribution in [3.05, 3.63) is 93.0 Å². The van der Waals surface area contributed by atoms with Crippen molar-refractivity contribution in [1.82, 2.24) is 4.90 Å². The van der Waals surface area contributed by atoms with E-state index in [4.69, 9.17) is 9.15 Å². The van der Waals surface area contributed by atoms with Crippen LogP contribution in [0.5, 0.6) is 11.5 Å². The average Bonchev–Trinajstić information content (AvgIpc) is 2.84. The van der Waals surface area contributed by atoms with Crippen molar-refractivity contribution in [3.8, 4) is 11.5 Å². The molecule has 2 heterocycles. The van der Waals surface area contributed by atoms with E-state index in [1.807, 2.05) is 12.1 Å². The van der Waals surface area contributed by atoms with Crippen LogP contribution in [0.15, 0.2) is 63.8 Å². The third-order valence-electron chi connectivity index (χ3n) is 5.99. The number of halogens is 2. The summed E-state index contributed by atoms with van der Waals surface area (Å²) in [5, 5.41) is 10.6. The van der Waals surface area contributed by atoms with Crippen LogP contribution in [-0.4, -0.2) is 36.2 Å². The molecule has 1 aliphatic heterocycles. The predicted octanol–water partition coefficient (Wildman–Crippen LogP) is 4.20. The number of ether oxygens (including phenoxy) is 2. The monoisotopic (exact) mass is 485 g/mol. The van der Waals surface area contributed by atoms with Gasteiger partial charge in [-0.25, -0.2) is 0 Å². The minimum atomic E-state index is -3.03. The number of carbonyl (C=O) groups is 1. The minimum Gasteiger partial charge on any atom is -0.502 e. The van der Waals surface area contributed by atoms with Gasteiger partial charge in [0.15, 0.2) is 5.76 Å². The van der Waals surface area contributed by atoms with Crippen LogP contribution in [0, 0.1) is 0 Å². The minimum absolute atomic E-state index is 0.127. The zero-order valence-corrected chi connectivity index (χ0v) is 19.1. The Kier molecular flexibility index (Phi) is 7.45. The summed E-state index contributed by atoms with van der Waals surface area (Å²) >= 11 is 0. The molecule has 9 heteroatoms. The van der Waals surface area contributed by atoms with E-state index in [-0.39, 0.29) is 17.9 Å². The van der Waals surface area contributed by atoms with Gasteiger partial charge in [0.2, 0.25) is 11.2 Å². The Morgan fingerprint density at radius 1 is 1.14 bits per heavy atom. The maximum absolute atomic E-state index is 12.7. The number of rotatable bonds is 8. The molecular weight excluding hydrogens is 460 g/mol. The second kappa shape index (κ2) is 10.7. The largest absolute Gasteiger partial charge is 0.502 e. The Bertz CT molecular complexity index is 1260. The van der Waals surface area contributed by atoms with Crippen LogP contribution in [0.25, 0.3) is 0 Å². The molecule has 1 aromatic heterocycles. The molecule has 1 aliphatic rings. The molecule has 0 unspecified atom stereocenters. The molecule has 2 aromatic carbocycles. The molecule has 184 valence electrons. The van der Waals surface area contributed by atoms with Crippen LogP contribution in [0.4, 0.5) is 8.78 Å². The van der Waals surface area contributed by atoms with Crippen molar-refractivity contribution in [2.75, 3.05) is 13.7 Å². The summed E-state index contributed by atoms with van der Waals surface area (Å²) in [4.78, 5) is 26.9. The van der Waals surface area contributed by atoms with Crippen LogP contribution in [0.3, 0.4) is 0 Å². The number of hydrogen-bond donors (Lipinski definition) is 1. The molecule has 35 heavy (non-hydrogen) atoms. The molecule has 0 spiro atoms. The molecule has 1 atom stereocenters. The summed E-state index contributed by atoms with van der Waals surface area (Å²) in [6.45, 7) is -1.28. The first-order valence-corrected chi connectivity index (χ1v) is 11.1. The summed E-state index contributed by atoms with van der Waals surface area (Å²) in [7, 11) is 1.20. The normalized spacial score (nSPS) is 14.4. The molecule has 0 radical (unpaired) electrons. The molecule has 0 aliphatic carbocycles. The highest BCUT2D eigenvalue weighted by molar-refractivity contribution is 5.71. The summed E-state index contributed by atoms with van der Waals surface area (Å²) in [6.07, 6.45) is 0.568. The maximum Gasteiger partial charge on any atom is 0.387 e. The Morgan fingerprint density at radius 2 is 1.91 bits per heavy atom. The van der Waals surface area contributed by atoms with Gasteiger partial charge in [-0.3, -0.25) is 14.5 Å². The Labute approximate surface area is 200 Å². The van der Waals surface area contributed by atoms with Gasteiger partial charge in [0.1, 0.15) is 11.5 Å². The summed E-state index contributed by atoms with van der Waals surface area (Å²) in [6, 6.07) is 15.0. The number of nitrogens with zero attached hydrogens (tertiary/aromatic N) is 1. The van der Waals surface area contributed by atoms with Gasteiger partial charge < -0.3 is 19.0 Å². The third kappa shape index (κ3) is 5.86. The van der Waals surface area contributed by atoms with Gasteiger partial charge in [0.05, 0.1) is 26.0 Å². The highest BCUT2D eigenvalue weighted by Gasteiger charge is 2.28. The van der Waals surface area contributed by atoms with Crippen molar-refractivity contribution >= 4 is 5.97 Å². The lowest BCUT2D eigenvalue weighted by Gasteiger charge is -2.28. The van der Waals surface area contributed by atoms with E-state index in [2.05, 4.69) is 21.8 Å². The topological polar surface area (TPSA) is 89.2 Å². The zero-order chi connectivity index (χ0) is 24.9.